The molecule has 1 aromatic rings. The molecule has 1 atom stereocenters. The third-order valence-corrected chi connectivity index (χ3v) is 2.36. The largest absolute Gasteiger partial charge is 0.350 e. The number of hydrogen-bond donors (Lipinski definition) is 1. The molecule has 1 N–H and O–H groups in total. The molecular weight excluding hydrogens is 192 g/mol. The van der Waals surface area contributed by atoms with Crippen LogP contribution in [0.1, 0.15) is 19.3 Å². The number of anilines is 1. The summed E-state index contributed by atoms with van der Waals surface area (Å²) in [4.78, 5) is 0. The Morgan fingerprint density at radius 3 is 2.86 bits per heavy atom. The van der Waals surface area contributed by atoms with Crippen molar-refractivity contribution in [3.05, 3.63) is 0 Å². The molecule has 1 unspecified atom stereocenters. The van der Waals surface area contributed by atoms with Gasteiger partial charge in [-0.25, -0.2) is 13.5 Å². The van der Waals surface area contributed by atoms with Crippen LogP contribution in [0.2, 0.25) is 0 Å². The van der Waals surface area contributed by atoms with Crippen LogP contribution in [-0.4, -0.2) is 32.2 Å². The molecular formula is C7H11F2N5. The van der Waals surface area contributed by atoms with Crippen LogP contribution in [0.3, 0.4) is 0 Å². The third-order valence-electron chi connectivity index (χ3n) is 2.36. The molecule has 78 valence electrons. The van der Waals surface area contributed by atoms with Gasteiger partial charge in [0.1, 0.15) is 0 Å². The third kappa shape index (κ3) is 1.80. The molecule has 1 aliphatic carbocycles. The van der Waals surface area contributed by atoms with Crippen molar-refractivity contribution in [3.63, 3.8) is 0 Å². The molecule has 0 bridgehead atoms. The lowest BCUT2D eigenvalue weighted by Gasteiger charge is -2.11. The van der Waals surface area contributed by atoms with E-state index in [1.54, 1.807) is 7.05 Å². The molecule has 0 saturated heterocycles. The molecule has 2 rings (SSSR count). The average molecular weight is 203 g/mol. The van der Waals surface area contributed by atoms with Gasteiger partial charge >= 0.3 is 0 Å². The van der Waals surface area contributed by atoms with E-state index < -0.39 is 5.92 Å². The van der Waals surface area contributed by atoms with Gasteiger partial charge in [0.2, 0.25) is 11.9 Å². The average Bonchev–Trinajstić information content (AvgIpc) is 2.61. The fourth-order valence-electron chi connectivity index (χ4n) is 1.61. The number of aryl methyl sites for hydroxylation is 1. The number of nitrogens with zero attached hydrogens (tertiary/aromatic N) is 4. The minimum absolute atomic E-state index is 0.0596. The van der Waals surface area contributed by atoms with Gasteiger partial charge in [0, 0.05) is 25.9 Å². The highest BCUT2D eigenvalue weighted by Gasteiger charge is 2.39. The summed E-state index contributed by atoms with van der Waals surface area (Å²) in [5, 5.41) is 13.6. The Hall–Kier alpha value is -1.27. The van der Waals surface area contributed by atoms with E-state index in [1.165, 1.54) is 4.68 Å². The van der Waals surface area contributed by atoms with Crippen molar-refractivity contribution in [2.24, 2.45) is 7.05 Å². The summed E-state index contributed by atoms with van der Waals surface area (Å²) in [6.07, 6.45) is 0.260. The number of nitrogens with one attached hydrogen (secondary N) is 1. The van der Waals surface area contributed by atoms with Gasteiger partial charge in [-0.05, 0) is 16.8 Å². The Kier molecular flexibility index (Phi) is 2.09. The minimum Gasteiger partial charge on any atom is -0.350 e. The lowest BCUT2D eigenvalue weighted by atomic mass is 10.2. The van der Waals surface area contributed by atoms with Crippen molar-refractivity contribution in [3.8, 4) is 0 Å². The zero-order chi connectivity index (χ0) is 10.2. The zero-order valence-corrected chi connectivity index (χ0v) is 7.74. The monoisotopic (exact) mass is 203 g/mol. The van der Waals surface area contributed by atoms with Crippen molar-refractivity contribution in [1.29, 1.82) is 0 Å². The van der Waals surface area contributed by atoms with Gasteiger partial charge in [0.15, 0.2) is 0 Å². The summed E-state index contributed by atoms with van der Waals surface area (Å²) >= 11 is 0. The molecule has 1 aromatic heterocycles. The van der Waals surface area contributed by atoms with Gasteiger partial charge in [-0.2, -0.15) is 0 Å². The summed E-state index contributed by atoms with van der Waals surface area (Å²) in [5.41, 5.74) is 0. The Labute approximate surface area is 79.5 Å². The smallest absolute Gasteiger partial charge is 0.250 e. The minimum atomic E-state index is -2.54. The molecule has 0 spiro atoms. The lowest BCUT2D eigenvalue weighted by molar-refractivity contribution is 0.00850. The quantitative estimate of drug-likeness (QED) is 0.772. The SMILES string of the molecule is Cn1nnnc1NC1CCC(F)(F)C1. The van der Waals surface area contributed by atoms with E-state index in [9.17, 15) is 8.78 Å². The molecule has 0 aliphatic heterocycles. The maximum absolute atomic E-state index is 12.8. The maximum Gasteiger partial charge on any atom is 0.250 e. The van der Waals surface area contributed by atoms with Crippen molar-refractivity contribution in [2.45, 2.75) is 31.2 Å². The molecule has 0 amide bonds. The number of halogens is 2. The molecule has 1 saturated carbocycles. The van der Waals surface area contributed by atoms with Crippen molar-refractivity contribution < 1.29 is 8.78 Å². The van der Waals surface area contributed by atoms with Crippen LogP contribution in [0.4, 0.5) is 14.7 Å². The summed E-state index contributed by atoms with van der Waals surface area (Å²) in [7, 11) is 1.66. The standard InChI is InChI=1S/C7H11F2N5/c1-14-6(11-12-13-14)10-5-2-3-7(8,9)4-5/h5H,2-4H2,1H3,(H,10,11,13). The number of aromatic nitrogens is 4. The Morgan fingerprint density at radius 1 is 1.57 bits per heavy atom. The fraction of sp³-hybridized carbons (Fsp3) is 0.857. The summed E-state index contributed by atoms with van der Waals surface area (Å²) < 4.78 is 27.1. The summed E-state index contributed by atoms with van der Waals surface area (Å²) in [6, 6.07) is -0.227. The van der Waals surface area contributed by atoms with Gasteiger partial charge in [-0.1, -0.05) is 5.10 Å². The lowest BCUT2D eigenvalue weighted by Crippen LogP contribution is -2.21. The van der Waals surface area contributed by atoms with Crippen LogP contribution in [0, 0.1) is 0 Å². The van der Waals surface area contributed by atoms with Crippen molar-refractivity contribution in [2.75, 3.05) is 5.32 Å². The second-order valence-electron chi connectivity index (χ2n) is 3.57. The zero-order valence-electron chi connectivity index (χ0n) is 7.74. The van der Waals surface area contributed by atoms with Crippen LogP contribution >= 0.6 is 0 Å². The molecule has 14 heavy (non-hydrogen) atoms. The molecule has 7 heteroatoms. The van der Waals surface area contributed by atoms with E-state index in [1.807, 2.05) is 0 Å². The molecule has 5 nitrogen and oxygen atoms in total. The predicted octanol–water partition coefficient (Wildman–Crippen LogP) is 0.810. The normalized spacial score (nSPS) is 25.2. The Bertz CT molecular complexity index is 324. The number of alkyl halides is 2. The first kappa shape index (κ1) is 9.29. The molecule has 1 fully saturated rings. The van der Waals surface area contributed by atoms with Gasteiger partial charge < -0.3 is 5.32 Å². The molecule has 0 radical (unpaired) electrons. The van der Waals surface area contributed by atoms with Crippen molar-refractivity contribution in [1.82, 2.24) is 20.2 Å². The van der Waals surface area contributed by atoms with Gasteiger partial charge in [0.25, 0.3) is 0 Å². The summed E-state index contributed by atoms with van der Waals surface area (Å²) in [6.45, 7) is 0. The fourth-order valence-corrected chi connectivity index (χ4v) is 1.61. The molecule has 1 heterocycles. The van der Waals surface area contributed by atoms with E-state index in [2.05, 4.69) is 20.8 Å². The highest BCUT2D eigenvalue weighted by molar-refractivity contribution is 5.24. The second kappa shape index (κ2) is 3.14. The van der Waals surface area contributed by atoms with Crippen molar-refractivity contribution >= 4 is 5.95 Å². The Morgan fingerprint density at radius 2 is 2.36 bits per heavy atom. The van der Waals surface area contributed by atoms with Gasteiger partial charge in [0.05, 0.1) is 0 Å². The van der Waals surface area contributed by atoms with Crippen LogP contribution < -0.4 is 5.32 Å². The van der Waals surface area contributed by atoms with Crippen LogP contribution in [-0.2, 0) is 7.05 Å². The van der Waals surface area contributed by atoms with Gasteiger partial charge in [-0.15, -0.1) is 0 Å². The van der Waals surface area contributed by atoms with E-state index >= 15 is 0 Å². The van der Waals surface area contributed by atoms with E-state index in [4.69, 9.17) is 0 Å². The van der Waals surface area contributed by atoms with E-state index in [-0.39, 0.29) is 18.9 Å². The predicted molar refractivity (Wildman–Crippen MR) is 45.0 cm³/mol. The van der Waals surface area contributed by atoms with Crippen LogP contribution in [0.15, 0.2) is 0 Å². The van der Waals surface area contributed by atoms with Crippen LogP contribution in [0.5, 0.6) is 0 Å². The first-order valence-electron chi connectivity index (χ1n) is 4.43. The van der Waals surface area contributed by atoms with Crippen LogP contribution in [0.25, 0.3) is 0 Å². The number of tetrazole rings is 1. The second-order valence-corrected chi connectivity index (χ2v) is 3.57. The Balaban J connectivity index is 1.97. The highest BCUT2D eigenvalue weighted by Crippen LogP contribution is 2.35. The number of hydrogen-bond acceptors (Lipinski definition) is 4. The van der Waals surface area contributed by atoms with Gasteiger partial charge in [-0.3, -0.25) is 0 Å². The molecule has 0 aromatic carbocycles. The number of rotatable bonds is 2. The maximum atomic E-state index is 12.8. The first-order chi connectivity index (χ1) is 6.57. The topological polar surface area (TPSA) is 55.6 Å². The highest BCUT2D eigenvalue weighted by atomic mass is 19.3. The van der Waals surface area contributed by atoms with E-state index in [0.29, 0.717) is 12.4 Å². The van der Waals surface area contributed by atoms with E-state index in [0.717, 1.165) is 0 Å². The molecule has 1 aliphatic rings. The summed E-state index contributed by atoms with van der Waals surface area (Å²) in [5.74, 6) is -2.10. The first-order valence-corrected chi connectivity index (χ1v) is 4.43.